The van der Waals surface area contributed by atoms with Gasteiger partial charge in [-0.3, -0.25) is 0 Å². The molecule has 2 nitrogen and oxygen atoms in total. The molecular formula is C16H18BrNO. The predicted octanol–water partition coefficient (Wildman–Crippen LogP) is 4.33. The highest BCUT2D eigenvalue weighted by Crippen LogP contribution is 2.57. The maximum absolute atomic E-state index is 9.72. The quantitative estimate of drug-likeness (QED) is 0.830. The van der Waals surface area contributed by atoms with Gasteiger partial charge in [0.2, 0.25) is 0 Å². The van der Waals surface area contributed by atoms with E-state index in [1.165, 1.54) is 24.8 Å². The standard InChI is InChI=1S/C16H18BrNO/c1-19-14-4-5-15(17)12(7-14)9-16(10-18)8-11-2-3-13(16)6-11/h4-5,7,11,13H,2-3,6,8-9H2,1H3. The Bertz CT molecular complexity index is 536. The highest BCUT2D eigenvalue weighted by atomic mass is 79.9. The van der Waals surface area contributed by atoms with Crippen molar-refractivity contribution >= 4 is 15.9 Å². The van der Waals surface area contributed by atoms with Crippen molar-refractivity contribution < 1.29 is 4.74 Å². The van der Waals surface area contributed by atoms with Crippen LogP contribution in [0.5, 0.6) is 5.75 Å². The summed E-state index contributed by atoms with van der Waals surface area (Å²) in [7, 11) is 1.69. The van der Waals surface area contributed by atoms with Crippen LogP contribution in [0.25, 0.3) is 0 Å². The molecule has 19 heavy (non-hydrogen) atoms. The number of halogens is 1. The monoisotopic (exact) mass is 319 g/mol. The first-order valence-corrected chi connectivity index (χ1v) is 7.70. The summed E-state index contributed by atoms with van der Waals surface area (Å²) in [6.45, 7) is 0. The Labute approximate surface area is 122 Å². The van der Waals surface area contributed by atoms with Crippen LogP contribution in [0, 0.1) is 28.6 Å². The fraction of sp³-hybridized carbons (Fsp3) is 0.562. The van der Waals surface area contributed by atoms with E-state index < -0.39 is 0 Å². The van der Waals surface area contributed by atoms with E-state index in [1.54, 1.807) is 7.11 Å². The Hall–Kier alpha value is -1.01. The molecule has 0 aliphatic heterocycles. The fourth-order valence-electron chi connectivity index (χ4n) is 3.99. The van der Waals surface area contributed by atoms with Crippen molar-refractivity contribution in [1.29, 1.82) is 5.26 Å². The van der Waals surface area contributed by atoms with Crippen molar-refractivity contribution in [2.45, 2.75) is 32.1 Å². The number of fused-ring (bicyclic) bond motifs is 2. The molecule has 2 bridgehead atoms. The average Bonchev–Trinajstić information content (AvgIpc) is 3.02. The molecule has 0 saturated heterocycles. The molecule has 0 spiro atoms. The Kier molecular flexibility index (Phi) is 3.30. The molecule has 3 heteroatoms. The highest BCUT2D eigenvalue weighted by molar-refractivity contribution is 9.10. The van der Waals surface area contributed by atoms with E-state index in [0.29, 0.717) is 5.92 Å². The lowest BCUT2D eigenvalue weighted by atomic mass is 9.70. The van der Waals surface area contributed by atoms with E-state index in [9.17, 15) is 5.26 Å². The molecule has 0 amide bonds. The lowest BCUT2D eigenvalue weighted by Gasteiger charge is -2.31. The van der Waals surface area contributed by atoms with E-state index in [4.69, 9.17) is 4.74 Å². The minimum atomic E-state index is -0.141. The first-order chi connectivity index (χ1) is 9.16. The lowest BCUT2D eigenvalue weighted by molar-refractivity contribution is 0.239. The molecule has 3 atom stereocenters. The van der Waals surface area contributed by atoms with Gasteiger partial charge in [0.05, 0.1) is 18.6 Å². The topological polar surface area (TPSA) is 33.0 Å². The number of nitriles is 1. The van der Waals surface area contributed by atoms with Gasteiger partial charge < -0.3 is 4.74 Å². The van der Waals surface area contributed by atoms with Crippen molar-refractivity contribution in [2.24, 2.45) is 17.3 Å². The normalized spacial score (nSPS) is 32.3. The van der Waals surface area contributed by atoms with Crippen LogP contribution >= 0.6 is 15.9 Å². The Morgan fingerprint density at radius 2 is 2.32 bits per heavy atom. The molecule has 0 heterocycles. The number of rotatable bonds is 3. The molecule has 2 aliphatic rings. The van der Waals surface area contributed by atoms with Gasteiger partial charge in [-0.1, -0.05) is 22.4 Å². The molecule has 100 valence electrons. The fourth-order valence-corrected chi connectivity index (χ4v) is 4.38. The predicted molar refractivity (Wildman–Crippen MR) is 77.9 cm³/mol. The first kappa shape index (κ1) is 13.0. The van der Waals surface area contributed by atoms with Gasteiger partial charge in [0.25, 0.3) is 0 Å². The third kappa shape index (κ3) is 2.17. The summed E-state index contributed by atoms with van der Waals surface area (Å²) < 4.78 is 6.39. The minimum absolute atomic E-state index is 0.141. The van der Waals surface area contributed by atoms with E-state index in [-0.39, 0.29) is 5.41 Å². The van der Waals surface area contributed by atoms with Crippen molar-refractivity contribution in [3.05, 3.63) is 28.2 Å². The second-order valence-electron chi connectivity index (χ2n) is 5.98. The number of nitrogens with zero attached hydrogens (tertiary/aromatic N) is 1. The lowest BCUT2D eigenvalue weighted by Crippen LogP contribution is -2.28. The zero-order chi connectivity index (χ0) is 13.5. The molecule has 1 aromatic rings. The Balaban J connectivity index is 1.90. The molecule has 0 radical (unpaired) electrons. The highest BCUT2D eigenvalue weighted by Gasteiger charge is 2.51. The van der Waals surface area contributed by atoms with E-state index in [0.717, 1.165) is 29.0 Å². The van der Waals surface area contributed by atoms with Crippen LogP contribution in [0.3, 0.4) is 0 Å². The largest absolute Gasteiger partial charge is 0.497 e. The number of methoxy groups -OCH3 is 1. The minimum Gasteiger partial charge on any atom is -0.497 e. The van der Waals surface area contributed by atoms with Gasteiger partial charge in [-0.05, 0) is 61.3 Å². The first-order valence-electron chi connectivity index (χ1n) is 6.90. The smallest absolute Gasteiger partial charge is 0.119 e. The van der Waals surface area contributed by atoms with Crippen LogP contribution in [-0.2, 0) is 6.42 Å². The average molecular weight is 320 g/mol. The van der Waals surface area contributed by atoms with Crippen LogP contribution < -0.4 is 4.74 Å². The van der Waals surface area contributed by atoms with Gasteiger partial charge in [-0.2, -0.15) is 5.26 Å². The van der Waals surface area contributed by atoms with E-state index in [1.807, 2.05) is 12.1 Å². The maximum atomic E-state index is 9.72. The zero-order valence-corrected chi connectivity index (χ0v) is 12.7. The van der Waals surface area contributed by atoms with Crippen LogP contribution in [0.4, 0.5) is 0 Å². The van der Waals surface area contributed by atoms with Gasteiger partial charge in [0.1, 0.15) is 5.75 Å². The van der Waals surface area contributed by atoms with E-state index in [2.05, 4.69) is 28.1 Å². The van der Waals surface area contributed by atoms with Crippen molar-refractivity contribution in [2.75, 3.05) is 7.11 Å². The molecule has 2 saturated carbocycles. The molecule has 3 rings (SSSR count). The summed E-state index contributed by atoms with van der Waals surface area (Å²) >= 11 is 3.61. The summed E-state index contributed by atoms with van der Waals surface area (Å²) in [5.74, 6) is 2.25. The molecule has 0 aromatic heterocycles. The molecule has 0 N–H and O–H groups in total. The number of ether oxygens (including phenoxy) is 1. The molecule has 1 aromatic carbocycles. The number of hydrogen-bond acceptors (Lipinski definition) is 2. The number of hydrogen-bond donors (Lipinski definition) is 0. The van der Waals surface area contributed by atoms with E-state index >= 15 is 0 Å². The molecular weight excluding hydrogens is 302 g/mol. The summed E-state index contributed by atoms with van der Waals surface area (Å²) in [5, 5.41) is 9.72. The Morgan fingerprint density at radius 1 is 1.47 bits per heavy atom. The second kappa shape index (κ2) is 4.83. The molecule has 3 unspecified atom stereocenters. The van der Waals surface area contributed by atoms with Gasteiger partial charge in [0, 0.05) is 4.47 Å². The van der Waals surface area contributed by atoms with Crippen molar-refractivity contribution in [3.63, 3.8) is 0 Å². The van der Waals surface area contributed by atoms with Gasteiger partial charge in [0.15, 0.2) is 0 Å². The van der Waals surface area contributed by atoms with Crippen LogP contribution in [0.2, 0.25) is 0 Å². The third-order valence-corrected chi connectivity index (χ3v) is 5.73. The van der Waals surface area contributed by atoms with Gasteiger partial charge >= 0.3 is 0 Å². The summed E-state index contributed by atoms with van der Waals surface area (Å²) in [4.78, 5) is 0. The van der Waals surface area contributed by atoms with Crippen LogP contribution in [0.15, 0.2) is 22.7 Å². The zero-order valence-electron chi connectivity index (χ0n) is 11.2. The summed E-state index contributed by atoms with van der Waals surface area (Å²) in [6.07, 6.45) is 5.75. The summed E-state index contributed by atoms with van der Waals surface area (Å²) in [6, 6.07) is 8.70. The SMILES string of the molecule is COc1ccc(Br)c(CC2(C#N)CC3CCC2C3)c1. The maximum Gasteiger partial charge on any atom is 0.119 e. The molecule has 2 aliphatic carbocycles. The summed E-state index contributed by atoms with van der Waals surface area (Å²) in [5.41, 5.74) is 1.06. The second-order valence-corrected chi connectivity index (χ2v) is 6.84. The van der Waals surface area contributed by atoms with Crippen molar-refractivity contribution in [1.82, 2.24) is 0 Å². The van der Waals surface area contributed by atoms with Crippen LogP contribution in [-0.4, -0.2) is 7.11 Å². The van der Waals surface area contributed by atoms with Gasteiger partial charge in [-0.25, -0.2) is 0 Å². The van der Waals surface area contributed by atoms with Crippen molar-refractivity contribution in [3.8, 4) is 11.8 Å². The Morgan fingerprint density at radius 3 is 2.89 bits per heavy atom. The third-order valence-electron chi connectivity index (χ3n) is 4.96. The van der Waals surface area contributed by atoms with Gasteiger partial charge in [-0.15, -0.1) is 0 Å². The van der Waals surface area contributed by atoms with Crippen LogP contribution in [0.1, 0.15) is 31.2 Å². The number of benzene rings is 1. The molecule has 2 fully saturated rings.